The van der Waals surface area contributed by atoms with Crippen LogP contribution in [0.1, 0.15) is 98.1 Å². The second-order valence-electron chi connectivity index (χ2n) is 21.0. The number of nitrogens with zero attached hydrogens (tertiary/aromatic N) is 1. The Morgan fingerprint density at radius 3 is 2.66 bits per heavy atom. The van der Waals surface area contributed by atoms with Gasteiger partial charge in [0.1, 0.15) is 24.9 Å². The number of ether oxygens (including phenoxy) is 3. The van der Waals surface area contributed by atoms with Crippen molar-refractivity contribution >= 4 is 39.3 Å². The van der Waals surface area contributed by atoms with Crippen molar-refractivity contribution in [2.24, 2.45) is 35.0 Å². The predicted octanol–water partition coefficient (Wildman–Crippen LogP) is 8.48. The summed E-state index contributed by atoms with van der Waals surface area (Å²) in [6, 6.07) is 20.8. The van der Waals surface area contributed by atoms with E-state index in [4.69, 9.17) is 14.2 Å². The van der Waals surface area contributed by atoms with Crippen LogP contribution in [0, 0.1) is 46.8 Å². The summed E-state index contributed by atoms with van der Waals surface area (Å²) < 4.78 is 19.8. The quantitative estimate of drug-likeness (QED) is 0.0545. The monoisotopic (exact) mass is 961 g/mol. The van der Waals surface area contributed by atoms with Crippen LogP contribution in [0.15, 0.2) is 85.2 Å². The average molecular weight is 962 g/mol. The Labute approximate surface area is 412 Å². The number of carbonyl (C=O) groups is 2. The summed E-state index contributed by atoms with van der Waals surface area (Å²) in [6.45, 7) is 0.623. The van der Waals surface area contributed by atoms with Gasteiger partial charge in [0, 0.05) is 61.1 Å². The zero-order valence-electron chi connectivity index (χ0n) is 40.1. The number of hydrogen-bond donors (Lipinski definition) is 7. The van der Waals surface area contributed by atoms with Crippen LogP contribution in [-0.4, -0.2) is 90.5 Å². The van der Waals surface area contributed by atoms with Crippen molar-refractivity contribution in [3.8, 4) is 34.8 Å². The number of phenols is 2. The van der Waals surface area contributed by atoms with Gasteiger partial charge in [0.15, 0.2) is 23.0 Å². The molecule has 3 fully saturated rings. The molecule has 3 saturated carbocycles. The summed E-state index contributed by atoms with van der Waals surface area (Å²) in [5, 5.41) is 56.0. The maximum Gasteiger partial charge on any atom is 0.318 e. The molecule has 13 nitrogen and oxygen atoms in total. The minimum absolute atomic E-state index is 0.00136. The number of Topliss-reactive ketones (excluding diaryl/α,β-unsaturated/α-hetero) is 1. The van der Waals surface area contributed by atoms with Crippen LogP contribution in [0.4, 0.5) is 0 Å². The highest BCUT2D eigenvalue weighted by Crippen LogP contribution is 2.66. The lowest BCUT2D eigenvalue weighted by Gasteiger charge is -2.57. The normalized spacial score (nSPS) is 28.0. The number of ketones is 1. The van der Waals surface area contributed by atoms with E-state index in [1.54, 1.807) is 18.2 Å². The van der Waals surface area contributed by atoms with Gasteiger partial charge in [0.2, 0.25) is 0 Å². The number of phenolic OH excluding ortho intramolecular Hbond substituents is 2. The van der Waals surface area contributed by atoms with E-state index in [-0.39, 0.29) is 96.9 Å². The number of hydrogen-bond acceptors (Lipinski definition) is 10. The molecule has 7 N–H and O–H groups in total. The van der Waals surface area contributed by atoms with Crippen LogP contribution in [0.25, 0.3) is 27.5 Å². The molecule has 1 spiro atoms. The van der Waals surface area contributed by atoms with Crippen LogP contribution in [-0.2, 0) is 33.7 Å². The van der Waals surface area contributed by atoms with Crippen molar-refractivity contribution in [1.82, 2.24) is 14.5 Å². The first-order chi connectivity index (χ1) is 34.5. The van der Waals surface area contributed by atoms with E-state index in [9.17, 15) is 30.3 Å². The van der Waals surface area contributed by atoms with Crippen molar-refractivity contribution < 1.29 is 49.3 Å². The second kappa shape index (κ2) is 19.3. The van der Waals surface area contributed by atoms with Gasteiger partial charge in [-0.15, -0.1) is 0 Å². The molecule has 13 heteroatoms. The number of aromatic hydroxyl groups is 2. The van der Waals surface area contributed by atoms with Gasteiger partial charge < -0.3 is 54.3 Å². The number of methoxy groups -OCH3 is 1. The number of H-pyrrole nitrogens is 2. The highest BCUT2D eigenvalue weighted by molar-refractivity contribution is 5.94. The first-order valence-electron chi connectivity index (χ1n) is 25.4. The Balaban J connectivity index is 1.04. The molecule has 10 atom stereocenters. The minimum Gasteiger partial charge on any atom is -0.504 e. The zero-order valence-corrected chi connectivity index (χ0v) is 40.1. The van der Waals surface area contributed by atoms with Crippen LogP contribution in [0.2, 0.25) is 0 Å². The number of esters is 1. The summed E-state index contributed by atoms with van der Waals surface area (Å²) >= 11 is 0. The highest BCUT2D eigenvalue weighted by Gasteiger charge is 2.58. The number of rotatable bonds is 9. The number of aromatic amines is 2. The molecule has 4 aliphatic carbocycles. The molecular weight excluding hydrogens is 899 g/mol. The fourth-order valence-electron chi connectivity index (χ4n) is 14.1. The summed E-state index contributed by atoms with van der Waals surface area (Å²) in [5.41, 5.74) is 8.27. The third kappa shape index (κ3) is 8.89. The number of carbonyl (C=O) groups excluding carboxylic acids is 2. The Kier molecular flexibility index (Phi) is 12.7. The molecule has 0 saturated heterocycles. The SMILES string of the molecule is COc1cc2c(cc1O)C1=C[C@H]3C[C@]4(CC[C@H](Cn5ccc6[nH]ccc65)C4)[C@@H]4C[C@H](O)CC[C@@H]4[C@@H]3[C@@H]2CC(=O)C[C@@H]([C@H](O)Cc2ccc(O)c(OCCO)c2)OC(=O)CC#CCc2c1[nH]c1ccccc21. The van der Waals surface area contributed by atoms with Gasteiger partial charge in [0.05, 0.1) is 42.7 Å². The lowest BCUT2D eigenvalue weighted by Crippen LogP contribution is -2.51. The van der Waals surface area contributed by atoms with E-state index in [2.05, 4.69) is 56.8 Å². The summed E-state index contributed by atoms with van der Waals surface area (Å²) in [6.07, 6.45) is 9.76. The Morgan fingerprint density at radius 1 is 0.944 bits per heavy atom. The Bertz CT molecular complexity index is 3080. The fourth-order valence-corrected chi connectivity index (χ4v) is 14.1. The number of benzene rings is 3. The van der Waals surface area contributed by atoms with Crippen LogP contribution >= 0.6 is 0 Å². The topological polar surface area (TPSA) is 199 Å². The van der Waals surface area contributed by atoms with E-state index in [1.807, 2.05) is 30.5 Å². The molecule has 2 bridgehead atoms. The molecule has 0 radical (unpaired) electrons. The van der Waals surface area contributed by atoms with Crippen molar-refractivity contribution in [3.05, 3.63) is 113 Å². The lowest BCUT2D eigenvalue weighted by molar-refractivity contribution is -0.155. The fraction of sp³-hybridized carbons (Fsp3) is 0.448. The molecule has 370 valence electrons. The number of aliphatic hydroxyl groups excluding tert-OH is 3. The Morgan fingerprint density at radius 2 is 1.80 bits per heavy atom. The van der Waals surface area contributed by atoms with Gasteiger partial charge >= 0.3 is 5.97 Å². The second-order valence-corrected chi connectivity index (χ2v) is 21.0. The predicted molar refractivity (Wildman–Crippen MR) is 268 cm³/mol. The standard InChI is InChI=1S/C58H63N3O10/c1-69-52-29-42-41(28-51(52)67)44-24-35-31-58(17-14-34(30-58)32-61-19-16-47-48(61)15-18-59-47)45-26-36(63)11-12-40(45)56(35)43(42)25-37(64)27-54(50(66)22-33-10-13-49(65)53(23-33)70-21-20-62)71-55(68)9-5-3-7-39-38-6-2-4-8-46(38)60-57(39)44/h2,4,6,8,10,13,15-16,18-19,23-24,28-29,34-36,40,43,45,50,54,56,59-60,62-63,65-67H,7,9,11-12,14,17,20-22,25-27,30-32H2,1H3/t34-,35-,36+,40-,43+,45+,50+,54-,56+,58+/m0/s1. The maximum absolute atomic E-state index is 15.2. The molecule has 4 heterocycles. The summed E-state index contributed by atoms with van der Waals surface area (Å²) in [4.78, 5) is 36.0. The summed E-state index contributed by atoms with van der Waals surface area (Å²) in [5.74, 6) is 6.16. The minimum atomic E-state index is -1.31. The number of para-hydroxylation sites is 1. The van der Waals surface area contributed by atoms with Gasteiger partial charge in [0.25, 0.3) is 0 Å². The van der Waals surface area contributed by atoms with Crippen molar-refractivity contribution in [2.45, 2.75) is 108 Å². The van der Waals surface area contributed by atoms with Gasteiger partial charge in [-0.2, -0.15) is 0 Å². The van der Waals surface area contributed by atoms with E-state index in [0.717, 1.165) is 83.0 Å². The molecule has 1 aliphatic heterocycles. The van der Waals surface area contributed by atoms with E-state index >= 15 is 4.79 Å². The zero-order chi connectivity index (χ0) is 49.0. The number of aromatic nitrogens is 3. The molecule has 0 amide bonds. The number of allylic oxidation sites excluding steroid dienone is 1. The lowest BCUT2D eigenvalue weighted by atomic mass is 9.47. The molecule has 71 heavy (non-hydrogen) atoms. The van der Waals surface area contributed by atoms with Gasteiger partial charge in [-0.05, 0) is 151 Å². The first kappa shape index (κ1) is 46.9. The molecule has 3 aromatic heterocycles. The third-order valence-electron chi connectivity index (χ3n) is 17.0. The number of cyclic esters (lactones) is 1. The largest absolute Gasteiger partial charge is 0.504 e. The van der Waals surface area contributed by atoms with Crippen LogP contribution < -0.4 is 9.47 Å². The average Bonchev–Trinajstić information content (AvgIpc) is 4.15. The van der Waals surface area contributed by atoms with Crippen LogP contribution in [0.5, 0.6) is 23.0 Å². The van der Waals surface area contributed by atoms with Crippen molar-refractivity contribution in [3.63, 3.8) is 0 Å². The summed E-state index contributed by atoms with van der Waals surface area (Å²) in [7, 11) is 1.54. The molecule has 0 unspecified atom stereocenters. The van der Waals surface area contributed by atoms with Crippen molar-refractivity contribution in [2.75, 3.05) is 20.3 Å². The molecule has 6 aromatic rings. The van der Waals surface area contributed by atoms with Gasteiger partial charge in [-0.25, -0.2) is 0 Å². The maximum atomic E-state index is 15.2. The molecular formula is C58H63N3O10. The molecule has 11 rings (SSSR count). The molecule has 5 aliphatic rings. The third-order valence-corrected chi connectivity index (χ3v) is 17.0. The van der Waals surface area contributed by atoms with E-state index in [1.165, 1.54) is 18.7 Å². The van der Waals surface area contributed by atoms with E-state index < -0.39 is 24.3 Å². The first-order valence-corrected chi connectivity index (χ1v) is 25.4. The smallest absolute Gasteiger partial charge is 0.318 e. The highest BCUT2D eigenvalue weighted by atomic mass is 16.6. The number of nitrogens with one attached hydrogen (secondary N) is 2. The Hall–Kier alpha value is -6.46. The van der Waals surface area contributed by atoms with Crippen LogP contribution in [0.3, 0.4) is 0 Å². The molecule has 3 aromatic carbocycles. The van der Waals surface area contributed by atoms with Gasteiger partial charge in [-0.1, -0.05) is 42.2 Å². The van der Waals surface area contributed by atoms with Crippen molar-refractivity contribution in [1.29, 1.82) is 0 Å². The number of fused-ring (bicyclic) bond motifs is 10. The van der Waals surface area contributed by atoms with E-state index in [0.29, 0.717) is 36.5 Å². The number of aliphatic hydroxyl groups is 3. The van der Waals surface area contributed by atoms with Gasteiger partial charge in [-0.3, -0.25) is 9.59 Å².